The van der Waals surface area contributed by atoms with Crippen molar-refractivity contribution in [2.75, 3.05) is 0 Å². The Morgan fingerprint density at radius 2 is 1.71 bits per heavy atom. The van der Waals surface area contributed by atoms with Crippen LogP contribution in [0, 0.1) is 11.6 Å². The third kappa shape index (κ3) is 1.87. The molecule has 1 nitrogen and oxygen atoms in total. The smallest absolute Gasteiger partial charge is 0.288 e. The fraction of sp³-hybridized carbons (Fsp3) is 0.125. The summed E-state index contributed by atoms with van der Waals surface area (Å²) < 4.78 is 49.3. The fourth-order valence-corrected chi connectivity index (χ4v) is 1.11. The molecule has 0 radical (unpaired) electrons. The maximum absolute atomic E-state index is 12.8. The van der Waals surface area contributed by atoms with E-state index in [0.29, 0.717) is 12.1 Å². The van der Waals surface area contributed by atoms with Gasteiger partial charge in [0.2, 0.25) is 5.78 Å². The van der Waals surface area contributed by atoms with E-state index in [1.807, 2.05) is 0 Å². The van der Waals surface area contributed by atoms with Crippen LogP contribution < -0.4 is 0 Å². The van der Waals surface area contributed by atoms with E-state index in [0.717, 1.165) is 0 Å². The van der Waals surface area contributed by atoms with Crippen molar-refractivity contribution >= 4 is 17.4 Å². The Labute approximate surface area is 81.3 Å². The molecule has 0 aliphatic rings. The molecule has 0 aromatic heterocycles. The van der Waals surface area contributed by atoms with Crippen molar-refractivity contribution in [2.24, 2.45) is 0 Å². The predicted molar refractivity (Wildman–Crippen MR) is 41.7 cm³/mol. The Kier molecular flexibility index (Phi) is 3.10. The molecule has 6 heteroatoms. The van der Waals surface area contributed by atoms with Gasteiger partial charge in [0.15, 0.2) is 0 Å². The minimum atomic E-state index is -3.41. The van der Waals surface area contributed by atoms with Gasteiger partial charge in [-0.2, -0.15) is 0 Å². The number of halogens is 5. The van der Waals surface area contributed by atoms with Crippen molar-refractivity contribution in [1.29, 1.82) is 0 Å². The van der Waals surface area contributed by atoms with Crippen molar-refractivity contribution in [1.82, 2.24) is 0 Å². The number of alkyl halides is 2. The van der Waals surface area contributed by atoms with Crippen LogP contribution in [0.1, 0.15) is 10.4 Å². The molecule has 0 bridgehead atoms. The molecular weight excluding hydrogens is 224 g/mol. The first-order valence-electron chi connectivity index (χ1n) is 3.41. The molecule has 1 aromatic rings. The number of rotatable bonds is 2. The zero-order valence-corrected chi connectivity index (χ0v) is 7.29. The van der Waals surface area contributed by atoms with Gasteiger partial charge in [-0.25, -0.2) is 17.6 Å². The van der Waals surface area contributed by atoms with Crippen LogP contribution in [0.5, 0.6) is 0 Å². The second-order valence-electron chi connectivity index (χ2n) is 2.38. The normalized spacial score (nSPS) is 10.7. The summed E-state index contributed by atoms with van der Waals surface area (Å²) in [6.45, 7) is 0. The number of carbonyl (C=O) groups is 1. The van der Waals surface area contributed by atoms with Gasteiger partial charge in [0, 0.05) is 0 Å². The van der Waals surface area contributed by atoms with Crippen molar-refractivity contribution in [3.63, 3.8) is 0 Å². The lowest BCUT2D eigenvalue weighted by molar-refractivity contribution is 0.0674. The quantitative estimate of drug-likeness (QED) is 0.430. The van der Waals surface area contributed by atoms with Gasteiger partial charge in [0.05, 0.1) is 10.6 Å². The summed E-state index contributed by atoms with van der Waals surface area (Å²) >= 11 is 5.17. The van der Waals surface area contributed by atoms with Gasteiger partial charge in [0.1, 0.15) is 11.6 Å². The Morgan fingerprint density at radius 1 is 1.21 bits per heavy atom. The van der Waals surface area contributed by atoms with Gasteiger partial charge in [-0.15, -0.1) is 0 Å². The molecule has 0 atom stereocenters. The van der Waals surface area contributed by atoms with Crippen LogP contribution in [0.3, 0.4) is 0 Å². The van der Waals surface area contributed by atoms with E-state index in [2.05, 4.69) is 0 Å². The molecule has 1 aromatic carbocycles. The minimum absolute atomic E-state index is 0.566. The van der Waals surface area contributed by atoms with Crippen LogP contribution in [0.4, 0.5) is 17.6 Å². The second kappa shape index (κ2) is 3.96. The molecular formula is C8H3ClF4O. The van der Waals surface area contributed by atoms with Crippen LogP contribution >= 0.6 is 11.6 Å². The molecule has 0 saturated heterocycles. The first-order chi connectivity index (χ1) is 6.45. The number of Topliss-reactive ketones (excluding diaryl/α,β-unsaturated/α-hetero) is 1. The summed E-state index contributed by atoms with van der Waals surface area (Å²) in [4.78, 5) is 10.7. The van der Waals surface area contributed by atoms with Crippen LogP contribution in [0.25, 0.3) is 0 Å². The summed E-state index contributed by atoms with van der Waals surface area (Å²) in [6.07, 6.45) is -3.41. The zero-order chi connectivity index (χ0) is 10.9. The Balaban J connectivity index is 3.33. The van der Waals surface area contributed by atoms with Gasteiger partial charge in [0.25, 0.3) is 0 Å². The molecule has 0 aliphatic carbocycles. The van der Waals surface area contributed by atoms with E-state index in [1.165, 1.54) is 0 Å². The van der Waals surface area contributed by atoms with Crippen LogP contribution in [0.15, 0.2) is 12.1 Å². The maximum Gasteiger partial charge on any atom is 0.300 e. The number of hydrogen-bond acceptors (Lipinski definition) is 1. The number of benzene rings is 1. The highest BCUT2D eigenvalue weighted by atomic mass is 35.5. The van der Waals surface area contributed by atoms with Crippen LogP contribution in [-0.2, 0) is 0 Å². The summed E-state index contributed by atoms with van der Waals surface area (Å²) in [5.41, 5.74) is -1.11. The van der Waals surface area contributed by atoms with Crippen molar-refractivity contribution < 1.29 is 22.4 Å². The average molecular weight is 227 g/mol. The molecule has 76 valence electrons. The van der Waals surface area contributed by atoms with Crippen LogP contribution in [-0.4, -0.2) is 12.2 Å². The second-order valence-corrected chi connectivity index (χ2v) is 2.76. The summed E-state index contributed by atoms with van der Waals surface area (Å²) in [5, 5.41) is -0.921. The van der Waals surface area contributed by atoms with E-state index >= 15 is 0 Å². The molecule has 14 heavy (non-hydrogen) atoms. The molecule has 0 amide bonds. The average Bonchev–Trinajstić information content (AvgIpc) is 2.12. The standard InChI is InChI=1S/C8H3ClF4O/c9-6-4(11)2-1-3(10)5(6)7(14)8(12)13/h1-2,8H. The topological polar surface area (TPSA) is 17.1 Å². The Hall–Kier alpha value is -1.10. The summed E-state index contributed by atoms with van der Waals surface area (Å²) in [7, 11) is 0. The number of carbonyl (C=O) groups excluding carboxylic acids is 1. The lowest BCUT2D eigenvalue weighted by Crippen LogP contribution is -2.13. The molecule has 0 heterocycles. The monoisotopic (exact) mass is 226 g/mol. The van der Waals surface area contributed by atoms with Gasteiger partial charge in [-0.05, 0) is 12.1 Å². The largest absolute Gasteiger partial charge is 0.300 e. The SMILES string of the molecule is O=C(c1c(F)ccc(F)c1Cl)C(F)F. The molecule has 0 aliphatic heterocycles. The van der Waals surface area contributed by atoms with Gasteiger partial charge >= 0.3 is 6.43 Å². The highest BCUT2D eigenvalue weighted by Crippen LogP contribution is 2.24. The first-order valence-corrected chi connectivity index (χ1v) is 3.78. The number of ketones is 1. The van der Waals surface area contributed by atoms with Crippen molar-refractivity contribution in [3.8, 4) is 0 Å². The van der Waals surface area contributed by atoms with E-state index in [4.69, 9.17) is 11.6 Å². The maximum atomic E-state index is 12.8. The fourth-order valence-electron chi connectivity index (χ4n) is 0.862. The Morgan fingerprint density at radius 3 is 2.21 bits per heavy atom. The van der Waals surface area contributed by atoms with E-state index in [-0.39, 0.29) is 0 Å². The molecule has 0 spiro atoms. The molecule has 0 unspecified atom stereocenters. The number of hydrogen-bond donors (Lipinski definition) is 0. The first kappa shape index (κ1) is 11.0. The lowest BCUT2D eigenvalue weighted by Gasteiger charge is -2.04. The third-order valence-electron chi connectivity index (χ3n) is 1.49. The predicted octanol–water partition coefficient (Wildman–Crippen LogP) is 3.07. The molecule has 0 N–H and O–H groups in total. The summed E-state index contributed by atoms with van der Waals surface area (Å²) in [5.74, 6) is -4.20. The van der Waals surface area contributed by atoms with Gasteiger partial charge in [-0.3, -0.25) is 4.79 Å². The highest BCUT2D eigenvalue weighted by Gasteiger charge is 2.25. The van der Waals surface area contributed by atoms with E-state index in [9.17, 15) is 22.4 Å². The molecule has 0 fully saturated rings. The lowest BCUT2D eigenvalue weighted by atomic mass is 10.1. The van der Waals surface area contributed by atoms with Gasteiger partial charge < -0.3 is 0 Å². The third-order valence-corrected chi connectivity index (χ3v) is 1.86. The van der Waals surface area contributed by atoms with E-state index < -0.39 is 34.4 Å². The summed E-state index contributed by atoms with van der Waals surface area (Å²) in [6, 6.07) is 1.22. The zero-order valence-electron chi connectivity index (χ0n) is 6.53. The molecule has 1 rings (SSSR count). The minimum Gasteiger partial charge on any atom is -0.288 e. The van der Waals surface area contributed by atoms with Crippen molar-refractivity contribution in [2.45, 2.75) is 6.43 Å². The van der Waals surface area contributed by atoms with Crippen molar-refractivity contribution in [3.05, 3.63) is 34.4 Å². The molecule has 0 saturated carbocycles. The van der Waals surface area contributed by atoms with E-state index in [1.54, 1.807) is 0 Å². The van der Waals surface area contributed by atoms with Crippen LogP contribution in [0.2, 0.25) is 5.02 Å². The van der Waals surface area contributed by atoms with Gasteiger partial charge in [-0.1, -0.05) is 11.6 Å². The highest BCUT2D eigenvalue weighted by molar-refractivity contribution is 6.34. The Bertz CT molecular complexity index is 378.